The van der Waals surface area contributed by atoms with E-state index in [0.29, 0.717) is 6.61 Å². The Morgan fingerprint density at radius 2 is 0.827 bits per heavy atom. The van der Waals surface area contributed by atoms with Crippen LogP contribution in [0.3, 0.4) is 0 Å². The van der Waals surface area contributed by atoms with Crippen LogP contribution in [0.2, 0.25) is 0 Å². The van der Waals surface area contributed by atoms with Gasteiger partial charge in [-0.1, -0.05) is 217 Å². The lowest BCUT2D eigenvalue weighted by molar-refractivity contribution is -0.00274. The third-order valence-corrected chi connectivity index (χ3v) is 17.7. The van der Waals surface area contributed by atoms with Gasteiger partial charge < -0.3 is 14.4 Å². The van der Waals surface area contributed by atoms with Gasteiger partial charge in [-0.25, -0.2) is 0 Å². The van der Waals surface area contributed by atoms with E-state index in [1.807, 2.05) is 0 Å². The molecule has 0 aliphatic heterocycles. The summed E-state index contributed by atoms with van der Waals surface area (Å²) in [6, 6.07) is 69.7. The minimum absolute atomic E-state index is 0.0585. The Labute approximate surface area is 485 Å². The molecule has 3 nitrogen and oxygen atoms in total. The number of aryl methyl sites for hydroxylation is 5. The van der Waals surface area contributed by atoms with Crippen LogP contribution in [0.1, 0.15) is 160 Å². The first-order chi connectivity index (χ1) is 39.1. The van der Waals surface area contributed by atoms with Crippen LogP contribution in [0, 0.1) is 34.6 Å². The molecule has 0 saturated carbocycles. The second-order valence-corrected chi connectivity index (χ2v) is 24.7. The topological polar surface area (TPSA) is 21.7 Å². The fraction of sp³-hybridized carbons (Fsp3) is 0.308. The van der Waals surface area contributed by atoms with Crippen molar-refractivity contribution in [2.45, 2.75) is 144 Å². The van der Waals surface area contributed by atoms with Gasteiger partial charge in [0.15, 0.2) is 0 Å². The molecule has 0 bridgehead atoms. The highest BCUT2D eigenvalue weighted by Crippen LogP contribution is 2.58. The Hall–Kier alpha value is -7.46. The van der Waals surface area contributed by atoms with Gasteiger partial charge in [0, 0.05) is 18.0 Å². The monoisotopic (exact) mass is 1070 g/mol. The quantitative estimate of drug-likeness (QED) is 0.0754. The van der Waals surface area contributed by atoms with Crippen LogP contribution in [-0.4, -0.2) is 13.2 Å². The minimum atomic E-state index is -0.657. The maximum atomic E-state index is 7.30. The lowest BCUT2D eigenvalue weighted by Crippen LogP contribution is -2.28. The summed E-state index contributed by atoms with van der Waals surface area (Å²) in [5.74, 6) is 0.925. The maximum absolute atomic E-state index is 7.30. The van der Waals surface area contributed by atoms with Crippen LogP contribution in [0.4, 0.5) is 17.1 Å². The molecule has 0 spiro atoms. The molecule has 9 aromatic rings. The Balaban J connectivity index is 0.980. The average molecular weight is 1070 g/mol. The van der Waals surface area contributed by atoms with Gasteiger partial charge in [0.2, 0.25) is 0 Å². The Bertz CT molecular complexity index is 3690. The summed E-state index contributed by atoms with van der Waals surface area (Å²) in [5.41, 5.74) is 27.4. The van der Waals surface area contributed by atoms with Crippen LogP contribution < -0.4 is 9.64 Å². The summed E-state index contributed by atoms with van der Waals surface area (Å²) in [6.07, 6.45) is 9.32. The van der Waals surface area contributed by atoms with Gasteiger partial charge in [-0.3, -0.25) is 0 Å². The summed E-state index contributed by atoms with van der Waals surface area (Å²) in [5, 5.41) is 0. The zero-order chi connectivity index (χ0) is 56.6. The number of nitrogens with zero attached hydrogens (tertiary/aromatic N) is 1. The zero-order valence-electron chi connectivity index (χ0n) is 50.2. The van der Waals surface area contributed by atoms with E-state index in [0.717, 1.165) is 43.0 Å². The minimum Gasteiger partial charge on any atom is -0.494 e. The van der Waals surface area contributed by atoms with E-state index in [1.165, 1.54) is 149 Å². The first kappa shape index (κ1) is 55.4. The molecule has 0 amide bonds. The number of fused-ring (bicyclic) bond motifs is 6. The van der Waals surface area contributed by atoms with Crippen LogP contribution >= 0.6 is 0 Å². The van der Waals surface area contributed by atoms with Gasteiger partial charge in [-0.2, -0.15) is 0 Å². The van der Waals surface area contributed by atoms with E-state index in [-0.39, 0.29) is 5.41 Å². The number of ether oxygens (including phenoxy) is 2. The number of benzene rings is 9. The fourth-order valence-corrected chi connectivity index (χ4v) is 13.2. The van der Waals surface area contributed by atoms with Gasteiger partial charge in [0.25, 0.3) is 0 Å². The summed E-state index contributed by atoms with van der Waals surface area (Å²) >= 11 is 0. The van der Waals surface area contributed by atoms with Crippen LogP contribution in [0.5, 0.6) is 5.75 Å². The molecule has 0 N–H and O–H groups in total. The van der Waals surface area contributed by atoms with E-state index in [1.54, 1.807) is 0 Å². The fourth-order valence-electron chi connectivity index (χ4n) is 13.2. The van der Waals surface area contributed by atoms with Gasteiger partial charge in [0.05, 0.1) is 17.7 Å². The van der Waals surface area contributed by atoms with Crippen LogP contribution in [-0.2, 0) is 21.2 Å². The van der Waals surface area contributed by atoms with E-state index in [9.17, 15) is 0 Å². The molecular formula is C78H83NO2. The Morgan fingerprint density at radius 3 is 1.36 bits per heavy atom. The first-order valence-corrected chi connectivity index (χ1v) is 30.2. The zero-order valence-corrected chi connectivity index (χ0v) is 50.2. The average Bonchev–Trinajstić information content (AvgIpc) is 2.36. The van der Waals surface area contributed by atoms with Crippen LogP contribution in [0.25, 0.3) is 44.5 Å². The Kier molecular flexibility index (Phi) is 15.6. The van der Waals surface area contributed by atoms with Crippen molar-refractivity contribution in [3.8, 4) is 50.3 Å². The number of hydrogen-bond acceptors (Lipinski definition) is 3. The first-order valence-electron chi connectivity index (χ1n) is 30.2. The van der Waals surface area contributed by atoms with E-state index >= 15 is 0 Å². The lowest BCUT2D eigenvalue weighted by atomic mass is 9.67. The second-order valence-electron chi connectivity index (χ2n) is 24.7. The van der Waals surface area contributed by atoms with Crippen molar-refractivity contribution >= 4 is 17.1 Å². The van der Waals surface area contributed by atoms with Crippen molar-refractivity contribution in [2.75, 3.05) is 18.1 Å². The lowest BCUT2D eigenvalue weighted by Gasteiger charge is -2.34. The van der Waals surface area contributed by atoms with Crippen molar-refractivity contribution < 1.29 is 9.47 Å². The number of hydrogen-bond donors (Lipinski definition) is 0. The highest BCUT2D eigenvalue weighted by atomic mass is 16.5. The van der Waals surface area contributed by atoms with Gasteiger partial charge >= 0.3 is 0 Å². The molecule has 81 heavy (non-hydrogen) atoms. The normalized spacial score (nSPS) is 16.0. The smallest absolute Gasteiger partial charge is 0.119 e. The number of anilines is 3. The van der Waals surface area contributed by atoms with E-state index in [4.69, 9.17) is 9.47 Å². The Morgan fingerprint density at radius 1 is 0.407 bits per heavy atom. The van der Waals surface area contributed by atoms with Crippen molar-refractivity contribution in [1.29, 1.82) is 0 Å². The summed E-state index contributed by atoms with van der Waals surface area (Å²) in [7, 11) is 0. The summed E-state index contributed by atoms with van der Waals surface area (Å²) in [4.78, 5) is 2.44. The van der Waals surface area contributed by atoms with Crippen molar-refractivity contribution in [3.05, 3.63) is 249 Å². The predicted octanol–water partition coefficient (Wildman–Crippen LogP) is 21.5. The molecule has 0 radical (unpaired) electrons. The van der Waals surface area contributed by atoms with Gasteiger partial charge in [-0.15, -0.1) is 0 Å². The highest BCUT2D eigenvalue weighted by molar-refractivity contribution is 5.91. The molecule has 2 aliphatic rings. The molecule has 0 aromatic heterocycles. The molecule has 0 fully saturated rings. The number of rotatable bonds is 19. The molecule has 0 heterocycles. The number of unbranched alkanes of at least 4 members (excludes halogenated alkanes) is 6. The van der Waals surface area contributed by atoms with Crippen molar-refractivity contribution in [3.63, 3.8) is 0 Å². The van der Waals surface area contributed by atoms with E-state index < -0.39 is 11.0 Å². The van der Waals surface area contributed by atoms with Crippen molar-refractivity contribution in [1.82, 2.24) is 0 Å². The molecular weight excluding hydrogens is 983 g/mol. The summed E-state index contributed by atoms with van der Waals surface area (Å²) in [6.45, 7) is 26.3. The molecule has 11 rings (SSSR count). The molecule has 2 atom stereocenters. The molecule has 2 unspecified atom stereocenters. The maximum Gasteiger partial charge on any atom is 0.119 e. The van der Waals surface area contributed by atoms with E-state index in [2.05, 4.69) is 263 Å². The largest absolute Gasteiger partial charge is 0.494 e. The van der Waals surface area contributed by atoms with Crippen molar-refractivity contribution in [2.24, 2.45) is 0 Å². The molecule has 412 valence electrons. The second kappa shape index (κ2) is 22.8. The standard InChI is InChI=1S/C78H83NO2/c1-12-14-16-18-44-80-66-38-32-62(33-39-66)78(61-30-20-52(3)21-31-61)73-46-54(5)24-40-69(73)70-43-29-60(51-74(70)78)59-28-42-68-67-41-27-58(49-71(67)77(11,72(68)50-59)81-45-19-17-15-13-2)57-25-36-65(37-26-57)79(64-34-22-53(4)23-35-64)75-55(6)47-63(48-56(75)7)76(8,9)10/h20-43,46-51H,12-19,44-45H2,1-11H3. The predicted molar refractivity (Wildman–Crippen MR) is 343 cm³/mol. The molecule has 0 saturated heterocycles. The SMILES string of the molecule is CCCCCCOc1ccc(C2(c3ccc(C)cc3)c3cc(C)ccc3-c3ccc(-c4ccc5c(c4)C(C)(OCCCCCC)c4cc(-c6ccc(N(c7ccc(C)cc7)c7c(C)cc(C(C)(C)C)cc7C)cc6)ccc4-5)cc32)cc1. The third kappa shape index (κ3) is 10.5. The van der Waals surface area contributed by atoms with Gasteiger partial charge in [0.1, 0.15) is 11.4 Å². The molecule has 3 heteroatoms. The highest BCUT2D eigenvalue weighted by Gasteiger charge is 2.47. The molecule has 2 aliphatic carbocycles. The third-order valence-electron chi connectivity index (χ3n) is 17.7. The summed E-state index contributed by atoms with van der Waals surface area (Å²) < 4.78 is 13.7. The van der Waals surface area contributed by atoms with Gasteiger partial charge in [-0.05, 0) is 209 Å². The molecule has 9 aromatic carbocycles. The van der Waals surface area contributed by atoms with Crippen LogP contribution in [0.15, 0.2) is 182 Å².